The first-order chi connectivity index (χ1) is 8.47. The highest BCUT2D eigenvalue weighted by atomic mass is 127. The zero-order chi connectivity index (χ0) is 13.3. The van der Waals surface area contributed by atoms with Crippen molar-refractivity contribution in [3.63, 3.8) is 0 Å². The molecule has 5 nitrogen and oxygen atoms in total. The first-order valence-corrected chi connectivity index (χ1v) is 7.14. The molecule has 0 amide bonds. The third-order valence-electron chi connectivity index (χ3n) is 2.23. The summed E-state index contributed by atoms with van der Waals surface area (Å²) < 4.78 is 7.84. The molecule has 0 saturated heterocycles. The van der Waals surface area contributed by atoms with Crippen LogP contribution in [0.15, 0.2) is 18.3 Å². The van der Waals surface area contributed by atoms with Crippen LogP contribution in [0, 0.1) is 14.1 Å². The molecular formula is C11H10I2N4O. The van der Waals surface area contributed by atoms with Gasteiger partial charge in [-0.2, -0.15) is 4.98 Å². The Morgan fingerprint density at radius 1 is 1.11 bits per heavy atom. The summed E-state index contributed by atoms with van der Waals surface area (Å²) >= 11 is 4.47. The number of hydrogen-bond donors (Lipinski definition) is 2. The number of anilines is 2. The Labute approximate surface area is 132 Å². The van der Waals surface area contributed by atoms with Crippen molar-refractivity contribution in [1.82, 2.24) is 9.97 Å². The second-order valence-electron chi connectivity index (χ2n) is 3.61. The maximum absolute atomic E-state index is 5.73. The molecule has 0 fully saturated rings. The Balaban J connectivity index is 2.37. The average Bonchev–Trinajstić information content (AvgIpc) is 2.29. The fourth-order valence-corrected chi connectivity index (χ4v) is 2.47. The van der Waals surface area contributed by atoms with Gasteiger partial charge in [-0.05, 0) is 69.8 Å². The minimum atomic E-state index is 0.132. The van der Waals surface area contributed by atoms with E-state index in [2.05, 4.69) is 62.1 Å². The SMILES string of the molecule is Cc1cc(I)c(Oc2cnc(N)nc2N)cc1I. The van der Waals surface area contributed by atoms with E-state index in [1.54, 1.807) is 0 Å². The highest BCUT2D eigenvalue weighted by molar-refractivity contribution is 14.1. The second kappa shape index (κ2) is 5.43. The Hall–Kier alpha value is -0.840. The standard InChI is InChI=1S/C11H10I2N4O/c1-5-2-7(13)8(3-6(5)12)18-9-4-16-11(15)17-10(9)14/h2-4H,1H3,(H4,14,15,16,17). The number of rotatable bonds is 2. The van der Waals surface area contributed by atoms with Crippen LogP contribution in [0.2, 0.25) is 0 Å². The van der Waals surface area contributed by atoms with Crippen LogP contribution in [-0.4, -0.2) is 9.97 Å². The van der Waals surface area contributed by atoms with Crippen molar-refractivity contribution >= 4 is 56.9 Å². The number of nitrogens with two attached hydrogens (primary N) is 2. The van der Waals surface area contributed by atoms with E-state index in [0.717, 1.165) is 12.9 Å². The lowest BCUT2D eigenvalue weighted by molar-refractivity contribution is 0.477. The molecule has 0 aliphatic carbocycles. The van der Waals surface area contributed by atoms with Gasteiger partial charge in [-0.3, -0.25) is 0 Å². The number of aromatic nitrogens is 2. The summed E-state index contributed by atoms with van der Waals surface area (Å²) in [6.07, 6.45) is 1.47. The van der Waals surface area contributed by atoms with Crippen molar-refractivity contribution in [1.29, 1.82) is 0 Å². The number of nitrogens with zero attached hydrogens (tertiary/aromatic N) is 2. The predicted molar refractivity (Wildman–Crippen MR) is 87.5 cm³/mol. The molecule has 2 rings (SSSR count). The second-order valence-corrected chi connectivity index (χ2v) is 5.94. The molecule has 0 radical (unpaired) electrons. The Morgan fingerprint density at radius 2 is 1.83 bits per heavy atom. The summed E-state index contributed by atoms with van der Waals surface area (Å²) in [4.78, 5) is 7.72. The molecule has 0 spiro atoms. The van der Waals surface area contributed by atoms with Gasteiger partial charge < -0.3 is 16.2 Å². The van der Waals surface area contributed by atoms with Gasteiger partial charge in [0.25, 0.3) is 0 Å². The monoisotopic (exact) mass is 468 g/mol. The van der Waals surface area contributed by atoms with Crippen LogP contribution in [-0.2, 0) is 0 Å². The Kier molecular flexibility index (Phi) is 4.10. The molecule has 1 heterocycles. The third kappa shape index (κ3) is 2.94. The largest absolute Gasteiger partial charge is 0.451 e. The lowest BCUT2D eigenvalue weighted by Gasteiger charge is -2.11. The molecule has 0 unspecified atom stereocenters. The number of benzene rings is 1. The normalized spacial score (nSPS) is 10.4. The van der Waals surface area contributed by atoms with Crippen LogP contribution < -0.4 is 16.2 Å². The molecule has 0 saturated carbocycles. The molecule has 94 valence electrons. The van der Waals surface area contributed by atoms with Gasteiger partial charge in [0, 0.05) is 3.57 Å². The summed E-state index contributed by atoms with van der Waals surface area (Å²) in [6.45, 7) is 2.05. The maximum Gasteiger partial charge on any atom is 0.222 e. The third-order valence-corrected chi connectivity index (χ3v) is 4.24. The molecule has 18 heavy (non-hydrogen) atoms. The molecular weight excluding hydrogens is 458 g/mol. The fraction of sp³-hybridized carbons (Fsp3) is 0.0909. The van der Waals surface area contributed by atoms with E-state index in [0.29, 0.717) is 5.75 Å². The number of halogens is 2. The van der Waals surface area contributed by atoms with Crippen LogP contribution in [0.25, 0.3) is 0 Å². The van der Waals surface area contributed by atoms with Crippen molar-refractivity contribution in [3.8, 4) is 11.5 Å². The number of ether oxygens (including phenoxy) is 1. The lowest BCUT2D eigenvalue weighted by Crippen LogP contribution is -2.02. The summed E-state index contributed by atoms with van der Waals surface area (Å²) in [5.41, 5.74) is 12.4. The summed E-state index contributed by atoms with van der Waals surface area (Å²) in [5, 5.41) is 0. The molecule has 2 aromatic rings. The fourth-order valence-electron chi connectivity index (χ4n) is 1.30. The van der Waals surface area contributed by atoms with Gasteiger partial charge in [-0.1, -0.05) is 0 Å². The van der Waals surface area contributed by atoms with E-state index in [1.165, 1.54) is 11.8 Å². The minimum Gasteiger partial charge on any atom is -0.451 e. The van der Waals surface area contributed by atoms with Crippen molar-refractivity contribution in [3.05, 3.63) is 31.0 Å². The van der Waals surface area contributed by atoms with Crippen LogP contribution in [0.4, 0.5) is 11.8 Å². The minimum absolute atomic E-state index is 0.132. The Morgan fingerprint density at radius 3 is 2.50 bits per heavy atom. The van der Waals surface area contributed by atoms with Gasteiger partial charge in [0.15, 0.2) is 11.6 Å². The van der Waals surface area contributed by atoms with Crippen LogP contribution in [0.3, 0.4) is 0 Å². The summed E-state index contributed by atoms with van der Waals surface area (Å²) in [7, 11) is 0. The highest BCUT2D eigenvalue weighted by Gasteiger charge is 2.09. The van der Waals surface area contributed by atoms with Gasteiger partial charge in [0.05, 0.1) is 9.77 Å². The number of aryl methyl sites for hydroxylation is 1. The van der Waals surface area contributed by atoms with Crippen LogP contribution in [0.1, 0.15) is 5.56 Å². The molecule has 1 aromatic heterocycles. The molecule has 4 N–H and O–H groups in total. The van der Waals surface area contributed by atoms with Crippen LogP contribution in [0.5, 0.6) is 11.5 Å². The van der Waals surface area contributed by atoms with Gasteiger partial charge in [-0.25, -0.2) is 4.98 Å². The van der Waals surface area contributed by atoms with Crippen molar-refractivity contribution in [2.24, 2.45) is 0 Å². The highest BCUT2D eigenvalue weighted by Crippen LogP contribution is 2.32. The van der Waals surface area contributed by atoms with E-state index in [9.17, 15) is 0 Å². The molecule has 0 aliphatic heterocycles. The lowest BCUT2D eigenvalue weighted by atomic mass is 10.2. The quantitative estimate of drug-likeness (QED) is 0.663. The Bertz CT molecular complexity index is 604. The topological polar surface area (TPSA) is 87.0 Å². The van der Waals surface area contributed by atoms with Gasteiger partial charge in [0.2, 0.25) is 5.95 Å². The average molecular weight is 468 g/mol. The molecule has 0 bridgehead atoms. The summed E-state index contributed by atoms with van der Waals surface area (Å²) in [6, 6.07) is 4.00. The predicted octanol–water partition coefficient (Wildman–Crippen LogP) is 2.95. The van der Waals surface area contributed by atoms with Gasteiger partial charge in [0.1, 0.15) is 5.75 Å². The molecule has 0 atom stereocenters. The first-order valence-electron chi connectivity index (χ1n) is 4.99. The molecule has 7 heteroatoms. The number of hydrogen-bond acceptors (Lipinski definition) is 5. The van der Waals surface area contributed by atoms with E-state index >= 15 is 0 Å². The van der Waals surface area contributed by atoms with Crippen molar-refractivity contribution < 1.29 is 4.74 Å². The van der Waals surface area contributed by atoms with E-state index in [-0.39, 0.29) is 11.8 Å². The van der Waals surface area contributed by atoms with E-state index in [1.807, 2.05) is 12.1 Å². The molecule has 0 aliphatic rings. The van der Waals surface area contributed by atoms with Gasteiger partial charge >= 0.3 is 0 Å². The van der Waals surface area contributed by atoms with Crippen LogP contribution >= 0.6 is 45.2 Å². The smallest absolute Gasteiger partial charge is 0.222 e. The zero-order valence-corrected chi connectivity index (χ0v) is 13.8. The van der Waals surface area contributed by atoms with Gasteiger partial charge in [-0.15, -0.1) is 0 Å². The van der Waals surface area contributed by atoms with Crippen molar-refractivity contribution in [2.45, 2.75) is 6.92 Å². The van der Waals surface area contributed by atoms with E-state index in [4.69, 9.17) is 16.2 Å². The number of nitrogen functional groups attached to an aromatic ring is 2. The summed E-state index contributed by atoms with van der Waals surface area (Å²) in [5.74, 6) is 1.49. The van der Waals surface area contributed by atoms with E-state index < -0.39 is 0 Å². The molecule has 1 aromatic carbocycles. The first kappa shape index (κ1) is 13.6. The van der Waals surface area contributed by atoms with Crippen molar-refractivity contribution in [2.75, 3.05) is 11.5 Å². The zero-order valence-electron chi connectivity index (χ0n) is 9.45. The maximum atomic E-state index is 5.73.